The number of nitrogens with one attached hydrogen (secondary N) is 2. The van der Waals surface area contributed by atoms with Gasteiger partial charge in [0.1, 0.15) is 12.0 Å². The molecule has 0 saturated heterocycles. The maximum Gasteiger partial charge on any atom is 0.266 e. The number of aromatic amines is 1. The summed E-state index contributed by atoms with van der Waals surface area (Å²) in [7, 11) is 0. The van der Waals surface area contributed by atoms with Crippen molar-refractivity contribution in [3.8, 4) is 0 Å². The largest absolute Gasteiger partial charge is 0.411 e. The van der Waals surface area contributed by atoms with Crippen LogP contribution in [-0.2, 0) is 11.3 Å². The van der Waals surface area contributed by atoms with E-state index < -0.39 is 5.91 Å². The molecule has 0 bridgehead atoms. The Kier molecular flexibility index (Phi) is 2.83. The molecule has 0 aliphatic heterocycles. The van der Waals surface area contributed by atoms with Crippen LogP contribution in [0.25, 0.3) is 0 Å². The number of amides is 1. The summed E-state index contributed by atoms with van der Waals surface area (Å²) in [4.78, 5) is 17.3. The van der Waals surface area contributed by atoms with Gasteiger partial charge in [-0.15, -0.1) is 0 Å². The number of aromatic nitrogens is 2. The van der Waals surface area contributed by atoms with Crippen LogP contribution in [0.15, 0.2) is 17.5 Å². The highest BCUT2D eigenvalue weighted by Crippen LogP contribution is 1.85. The van der Waals surface area contributed by atoms with Gasteiger partial charge in [-0.1, -0.05) is 5.16 Å². The molecule has 3 N–H and O–H groups in total. The van der Waals surface area contributed by atoms with Crippen LogP contribution in [0.5, 0.6) is 0 Å². The number of H-pyrrole nitrogens is 1. The molecule has 0 saturated carbocycles. The van der Waals surface area contributed by atoms with Gasteiger partial charge in [-0.25, -0.2) is 4.98 Å². The van der Waals surface area contributed by atoms with Crippen molar-refractivity contribution in [2.45, 2.75) is 6.54 Å². The quantitative estimate of drug-likeness (QED) is 0.322. The fourth-order valence-corrected chi connectivity index (χ4v) is 0.664. The van der Waals surface area contributed by atoms with E-state index in [4.69, 9.17) is 5.21 Å². The molecule has 0 aliphatic carbocycles. The molecule has 1 heterocycles. The molecule has 1 aromatic heterocycles. The van der Waals surface area contributed by atoms with Crippen LogP contribution in [0.1, 0.15) is 5.82 Å². The Hall–Kier alpha value is -1.85. The van der Waals surface area contributed by atoms with E-state index in [0.29, 0.717) is 5.82 Å². The van der Waals surface area contributed by atoms with E-state index >= 15 is 0 Å². The lowest BCUT2D eigenvalue weighted by Crippen LogP contribution is -2.24. The molecule has 0 aromatic carbocycles. The first kappa shape index (κ1) is 8.25. The normalized spacial score (nSPS) is 10.3. The molecule has 0 atom stereocenters. The van der Waals surface area contributed by atoms with Crippen molar-refractivity contribution in [3.05, 3.63) is 18.2 Å². The standard InChI is InChI=1S/C6H8N4O2/c11-6(4-10-12)9-3-5-7-1-2-8-5/h1-2,4,12H,3H2,(H,7,8)(H,9,11)/b10-4+. The first-order valence-corrected chi connectivity index (χ1v) is 3.26. The third-order valence-electron chi connectivity index (χ3n) is 1.16. The van der Waals surface area contributed by atoms with E-state index in [9.17, 15) is 4.79 Å². The number of hydrogen-bond donors (Lipinski definition) is 3. The molecule has 6 nitrogen and oxygen atoms in total. The first-order chi connectivity index (χ1) is 5.83. The van der Waals surface area contributed by atoms with Crippen molar-refractivity contribution >= 4 is 12.1 Å². The van der Waals surface area contributed by atoms with Gasteiger partial charge in [-0.05, 0) is 0 Å². The molecule has 1 amide bonds. The highest BCUT2D eigenvalue weighted by Gasteiger charge is 1.97. The zero-order valence-corrected chi connectivity index (χ0v) is 6.19. The molecule has 64 valence electrons. The molecule has 0 spiro atoms. The van der Waals surface area contributed by atoms with Gasteiger partial charge in [0, 0.05) is 12.4 Å². The number of nitrogens with zero attached hydrogens (tertiary/aromatic N) is 2. The third kappa shape index (κ3) is 2.41. The summed E-state index contributed by atoms with van der Waals surface area (Å²) in [6.45, 7) is 0.290. The Morgan fingerprint density at radius 3 is 3.33 bits per heavy atom. The molecule has 0 aliphatic rings. The van der Waals surface area contributed by atoms with Gasteiger partial charge in [-0.3, -0.25) is 4.79 Å². The van der Waals surface area contributed by atoms with E-state index in [-0.39, 0.29) is 6.54 Å². The van der Waals surface area contributed by atoms with E-state index in [1.165, 1.54) is 0 Å². The van der Waals surface area contributed by atoms with E-state index in [0.717, 1.165) is 6.21 Å². The fraction of sp³-hybridized carbons (Fsp3) is 0.167. The minimum Gasteiger partial charge on any atom is -0.411 e. The first-order valence-electron chi connectivity index (χ1n) is 3.26. The minimum atomic E-state index is -0.464. The van der Waals surface area contributed by atoms with Crippen LogP contribution in [0.4, 0.5) is 0 Å². The highest BCUT2D eigenvalue weighted by molar-refractivity contribution is 6.25. The van der Waals surface area contributed by atoms with Crippen LogP contribution in [0, 0.1) is 0 Å². The Labute approximate surface area is 68.3 Å². The predicted molar refractivity (Wildman–Crippen MR) is 40.7 cm³/mol. The van der Waals surface area contributed by atoms with E-state index in [1.54, 1.807) is 12.4 Å². The Morgan fingerprint density at radius 2 is 2.75 bits per heavy atom. The van der Waals surface area contributed by atoms with Crippen molar-refractivity contribution in [2.24, 2.45) is 5.16 Å². The van der Waals surface area contributed by atoms with Crippen LogP contribution in [0.2, 0.25) is 0 Å². The Bertz CT molecular complexity index is 267. The molecule has 0 unspecified atom stereocenters. The number of carbonyl (C=O) groups is 1. The lowest BCUT2D eigenvalue weighted by atomic mass is 10.5. The number of rotatable bonds is 3. The lowest BCUT2D eigenvalue weighted by Gasteiger charge is -1.96. The summed E-state index contributed by atoms with van der Waals surface area (Å²) in [6.07, 6.45) is 4.02. The molecule has 0 fully saturated rings. The maximum atomic E-state index is 10.7. The number of oxime groups is 1. The van der Waals surface area contributed by atoms with Gasteiger partial charge in [-0.2, -0.15) is 0 Å². The average Bonchev–Trinajstić information content (AvgIpc) is 2.53. The summed E-state index contributed by atoms with van der Waals surface area (Å²) in [5, 5.41) is 13.0. The summed E-state index contributed by atoms with van der Waals surface area (Å²) in [5.74, 6) is 0.184. The van der Waals surface area contributed by atoms with Crippen LogP contribution in [-0.4, -0.2) is 27.3 Å². The molecule has 1 rings (SSSR count). The number of hydrogen-bond acceptors (Lipinski definition) is 4. The van der Waals surface area contributed by atoms with Crippen LogP contribution in [0.3, 0.4) is 0 Å². The molecule has 0 radical (unpaired) electrons. The van der Waals surface area contributed by atoms with E-state index in [2.05, 4.69) is 20.4 Å². The van der Waals surface area contributed by atoms with Gasteiger partial charge in [0.25, 0.3) is 5.91 Å². The third-order valence-corrected chi connectivity index (χ3v) is 1.16. The summed E-state index contributed by atoms with van der Waals surface area (Å²) in [5.41, 5.74) is 0. The maximum absolute atomic E-state index is 10.7. The monoisotopic (exact) mass is 168 g/mol. The molecule has 12 heavy (non-hydrogen) atoms. The zero-order valence-electron chi connectivity index (χ0n) is 6.19. The molecule has 1 aromatic rings. The van der Waals surface area contributed by atoms with Gasteiger partial charge in [0.05, 0.1) is 6.54 Å². The topological polar surface area (TPSA) is 90.4 Å². The number of imidazole rings is 1. The second kappa shape index (κ2) is 4.12. The van der Waals surface area contributed by atoms with Gasteiger partial charge in [0.15, 0.2) is 0 Å². The van der Waals surface area contributed by atoms with Gasteiger partial charge >= 0.3 is 0 Å². The summed E-state index contributed by atoms with van der Waals surface area (Å²) in [6, 6.07) is 0. The van der Waals surface area contributed by atoms with Crippen LogP contribution < -0.4 is 5.32 Å². The van der Waals surface area contributed by atoms with Gasteiger partial charge in [0.2, 0.25) is 0 Å². The SMILES string of the molecule is O=C(/C=N/O)NCc1ncc[nH]1. The molecular weight excluding hydrogens is 160 g/mol. The minimum absolute atomic E-state index is 0.290. The lowest BCUT2D eigenvalue weighted by molar-refractivity contribution is -0.114. The molecular formula is C6H8N4O2. The van der Waals surface area contributed by atoms with Gasteiger partial charge < -0.3 is 15.5 Å². The highest BCUT2D eigenvalue weighted by atomic mass is 16.4. The zero-order chi connectivity index (χ0) is 8.81. The summed E-state index contributed by atoms with van der Waals surface area (Å²) < 4.78 is 0. The second-order valence-electron chi connectivity index (χ2n) is 2.00. The Morgan fingerprint density at radius 1 is 1.92 bits per heavy atom. The van der Waals surface area contributed by atoms with Crippen molar-refractivity contribution in [1.29, 1.82) is 0 Å². The van der Waals surface area contributed by atoms with Crippen molar-refractivity contribution in [3.63, 3.8) is 0 Å². The molecule has 6 heteroatoms. The van der Waals surface area contributed by atoms with Crippen molar-refractivity contribution < 1.29 is 10.0 Å². The fourth-order valence-electron chi connectivity index (χ4n) is 0.664. The van der Waals surface area contributed by atoms with Crippen LogP contribution >= 0.6 is 0 Å². The predicted octanol–water partition coefficient (Wildman–Crippen LogP) is -0.514. The average molecular weight is 168 g/mol. The van der Waals surface area contributed by atoms with Crippen molar-refractivity contribution in [2.75, 3.05) is 0 Å². The smallest absolute Gasteiger partial charge is 0.266 e. The van der Waals surface area contributed by atoms with Crippen molar-refractivity contribution in [1.82, 2.24) is 15.3 Å². The number of carbonyl (C=O) groups excluding carboxylic acids is 1. The Balaban J connectivity index is 2.31. The second-order valence-corrected chi connectivity index (χ2v) is 2.00. The van der Waals surface area contributed by atoms with E-state index in [1.807, 2.05) is 0 Å². The summed E-state index contributed by atoms with van der Waals surface area (Å²) >= 11 is 0.